The summed E-state index contributed by atoms with van der Waals surface area (Å²) in [6.07, 6.45) is 5.71. The fourth-order valence-electron chi connectivity index (χ4n) is 2.96. The Hall–Kier alpha value is -2.67. The van der Waals surface area contributed by atoms with E-state index >= 15 is 0 Å². The summed E-state index contributed by atoms with van der Waals surface area (Å²) in [5.74, 6) is -1.37. The summed E-state index contributed by atoms with van der Waals surface area (Å²) in [5.41, 5.74) is 5.45. The molecule has 7 heteroatoms. The molecule has 0 amide bonds. The Morgan fingerprint density at radius 2 is 2.24 bits per heavy atom. The molecular formula is C18H21FN4O2. The van der Waals surface area contributed by atoms with E-state index in [1.54, 1.807) is 6.07 Å². The minimum absolute atomic E-state index is 0.124. The molecule has 1 atom stereocenters. The zero-order chi connectivity index (χ0) is 17.8. The zero-order valence-corrected chi connectivity index (χ0v) is 14.0. The molecule has 2 heterocycles. The predicted molar refractivity (Wildman–Crippen MR) is 94.0 cm³/mol. The Labute approximate surface area is 145 Å². The summed E-state index contributed by atoms with van der Waals surface area (Å²) in [4.78, 5) is 15.4. The van der Waals surface area contributed by atoms with Gasteiger partial charge in [0.05, 0.1) is 23.1 Å². The average molecular weight is 344 g/mol. The van der Waals surface area contributed by atoms with Crippen molar-refractivity contribution in [2.75, 3.05) is 16.9 Å². The van der Waals surface area contributed by atoms with Gasteiger partial charge in [0.25, 0.3) is 0 Å². The number of unbranched alkanes of at least 4 members (excludes halogenated alkanes) is 2. The smallest absolute Gasteiger partial charge is 0.337 e. The number of nitrogens with one attached hydrogen (secondary N) is 2. The molecule has 6 nitrogen and oxygen atoms in total. The molecule has 0 aliphatic carbocycles. The number of aromatic nitrogens is 1. The number of halogens is 1. The average Bonchev–Trinajstić information content (AvgIpc) is 2.92. The van der Waals surface area contributed by atoms with Gasteiger partial charge in [0, 0.05) is 18.3 Å². The molecule has 132 valence electrons. The largest absolute Gasteiger partial charge is 0.478 e. The molecule has 3 N–H and O–H groups in total. The monoisotopic (exact) mass is 344 g/mol. The van der Waals surface area contributed by atoms with Crippen LogP contribution in [0.4, 0.5) is 15.8 Å². The van der Waals surface area contributed by atoms with Crippen molar-refractivity contribution in [3.05, 3.63) is 53.6 Å². The van der Waals surface area contributed by atoms with Crippen molar-refractivity contribution >= 4 is 17.3 Å². The van der Waals surface area contributed by atoms with E-state index in [2.05, 4.69) is 22.7 Å². The van der Waals surface area contributed by atoms with Crippen molar-refractivity contribution in [1.29, 1.82) is 0 Å². The minimum Gasteiger partial charge on any atom is -0.478 e. The van der Waals surface area contributed by atoms with Crippen LogP contribution in [-0.4, -0.2) is 22.6 Å². The van der Waals surface area contributed by atoms with E-state index in [1.807, 2.05) is 5.01 Å². The van der Waals surface area contributed by atoms with E-state index in [0.29, 0.717) is 5.69 Å². The van der Waals surface area contributed by atoms with Gasteiger partial charge in [-0.2, -0.15) is 0 Å². The zero-order valence-electron chi connectivity index (χ0n) is 14.0. The second-order valence-corrected chi connectivity index (χ2v) is 5.99. The second-order valence-electron chi connectivity index (χ2n) is 5.99. The van der Waals surface area contributed by atoms with Crippen LogP contribution >= 0.6 is 0 Å². The highest BCUT2D eigenvalue weighted by atomic mass is 19.1. The van der Waals surface area contributed by atoms with Crippen molar-refractivity contribution in [2.24, 2.45) is 0 Å². The minimum atomic E-state index is -1.04. The molecule has 0 saturated carbocycles. The predicted octanol–water partition coefficient (Wildman–Crippen LogP) is 3.54. The first-order valence-corrected chi connectivity index (χ1v) is 8.37. The third-order valence-electron chi connectivity index (χ3n) is 4.21. The number of hydrazine groups is 1. The number of pyridine rings is 1. The Balaban J connectivity index is 1.85. The van der Waals surface area contributed by atoms with Gasteiger partial charge >= 0.3 is 5.97 Å². The van der Waals surface area contributed by atoms with Gasteiger partial charge in [0.2, 0.25) is 0 Å². The van der Waals surface area contributed by atoms with Gasteiger partial charge in [-0.15, -0.1) is 0 Å². The number of rotatable bonds is 7. The number of carbonyl (C=O) groups is 1. The van der Waals surface area contributed by atoms with Gasteiger partial charge in [0.15, 0.2) is 0 Å². The highest BCUT2D eigenvalue weighted by Gasteiger charge is 2.29. The van der Waals surface area contributed by atoms with Crippen molar-refractivity contribution in [3.8, 4) is 0 Å². The van der Waals surface area contributed by atoms with E-state index < -0.39 is 12.1 Å². The summed E-state index contributed by atoms with van der Waals surface area (Å²) < 4.78 is 13.7. The Bertz CT molecular complexity index is 768. The standard InChI is InChI=1S/C18H21FN4O2/c1-2-3-4-9-23-16-6-5-12(19)10-14(16)17(22-23)21-15-11-20-8-7-13(15)18(24)25/h5-8,10-11,17,21-22H,2-4,9H2,1H3,(H,24,25). The number of aromatic carboxylic acids is 1. The van der Waals surface area contributed by atoms with Crippen molar-refractivity contribution in [3.63, 3.8) is 0 Å². The first-order valence-electron chi connectivity index (χ1n) is 8.37. The number of benzene rings is 1. The van der Waals surface area contributed by atoms with Crippen molar-refractivity contribution < 1.29 is 14.3 Å². The molecule has 1 aromatic carbocycles. The highest BCUT2D eigenvalue weighted by Crippen LogP contribution is 2.34. The second kappa shape index (κ2) is 7.48. The van der Waals surface area contributed by atoms with Gasteiger partial charge in [-0.3, -0.25) is 4.98 Å². The summed E-state index contributed by atoms with van der Waals surface area (Å²) in [6.45, 7) is 2.93. The Kier molecular flexibility index (Phi) is 5.14. The lowest BCUT2D eigenvalue weighted by atomic mass is 10.1. The quantitative estimate of drug-likeness (QED) is 0.667. The molecule has 0 spiro atoms. The van der Waals surface area contributed by atoms with Gasteiger partial charge in [0.1, 0.15) is 12.0 Å². The van der Waals surface area contributed by atoms with E-state index in [4.69, 9.17) is 0 Å². The SMILES string of the molecule is CCCCCN1NC(Nc2cnccc2C(=O)O)c2cc(F)ccc21. The van der Waals surface area contributed by atoms with Gasteiger partial charge in [-0.25, -0.2) is 14.6 Å². The van der Waals surface area contributed by atoms with Crippen molar-refractivity contribution in [2.45, 2.75) is 32.4 Å². The number of carboxylic acids is 1. The Morgan fingerprint density at radius 3 is 3.00 bits per heavy atom. The first-order chi connectivity index (χ1) is 12.1. The number of nitrogens with zero attached hydrogens (tertiary/aromatic N) is 2. The van der Waals surface area contributed by atoms with Gasteiger partial charge < -0.3 is 15.4 Å². The maximum atomic E-state index is 13.7. The molecule has 1 aliphatic rings. The molecule has 0 bridgehead atoms. The maximum Gasteiger partial charge on any atom is 0.337 e. The number of carboxylic acid groups (broad SMARTS) is 1. The van der Waals surface area contributed by atoms with Crippen LogP contribution in [0.25, 0.3) is 0 Å². The fraction of sp³-hybridized carbons (Fsp3) is 0.333. The van der Waals surface area contributed by atoms with E-state index in [1.165, 1.54) is 30.6 Å². The van der Waals surface area contributed by atoms with E-state index in [-0.39, 0.29) is 11.4 Å². The van der Waals surface area contributed by atoms with Gasteiger partial charge in [-0.1, -0.05) is 19.8 Å². The van der Waals surface area contributed by atoms with Crippen molar-refractivity contribution in [1.82, 2.24) is 10.4 Å². The van der Waals surface area contributed by atoms with Crippen LogP contribution in [0.5, 0.6) is 0 Å². The maximum absolute atomic E-state index is 13.7. The van der Waals surface area contributed by atoms with Crippen LogP contribution in [-0.2, 0) is 0 Å². The topological polar surface area (TPSA) is 77.5 Å². The third kappa shape index (κ3) is 3.71. The Morgan fingerprint density at radius 1 is 1.40 bits per heavy atom. The number of fused-ring (bicyclic) bond motifs is 1. The summed E-state index contributed by atoms with van der Waals surface area (Å²) in [6, 6.07) is 6.08. The lowest BCUT2D eigenvalue weighted by molar-refractivity contribution is 0.0697. The van der Waals surface area contributed by atoms with Crippen LogP contribution in [0.15, 0.2) is 36.7 Å². The summed E-state index contributed by atoms with van der Waals surface area (Å²) in [5, 5.41) is 14.4. The van der Waals surface area contributed by atoms with Crippen LogP contribution in [0.1, 0.15) is 48.3 Å². The fourth-order valence-corrected chi connectivity index (χ4v) is 2.96. The van der Waals surface area contributed by atoms with Gasteiger partial charge in [-0.05, 0) is 30.7 Å². The normalized spacial score (nSPS) is 15.9. The number of anilines is 2. The first kappa shape index (κ1) is 17.2. The van der Waals surface area contributed by atoms with Crippen LogP contribution < -0.4 is 15.8 Å². The molecule has 0 fully saturated rings. The van der Waals surface area contributed by atoms with E-state index in [0.717, 1.165) is 37.1 Å². The van der Waals surface area contributed by atoms with Crippen LogP contribution in [0.3, 0.4) is 0 Å². The van der Waals surface area contributed by atoms with Crippen LogP contribution in [0.2, 0.25) is 0 Å². The third-order valence-corrected chi connectivity index (χ3v) is 4.21. The lowest BCUT2D eigenvalue weighted by Crippen LogP contribution is -2.37. The molecule has 25 heavy (non-hydrogen) atoms. The molecule has 1 unspecified atom stereocenters. The summed E-state index contributed by atoms with van der Waals surface area (Å²) in [7, 11) is 0. The lowest BCUT2D eigenvalue weighted by Gasteiger charge is -2.22. The number of hydrogen-bond acceptors (Lipinski definition) is 5. The van der Waals surface area contributed by atoms with Crippen LogP contribution in [0, 0.1) is 5.82 Å². The highest BCUT2D eigenvalue weighted by molar-refractivity contribution is 5.94. The molecule has 0 saturated heterocycles. The number of hydrogen-bond donors (Lipinski definition) is 3. The summed E-state index contributed by atoms with van der Waals surface area (Å²) >= 11 is 0. The molecule has 1 aromatic heterocycles. The molecular weight excluding hydrogens is 323 g/mol. The molecule has 3 rings (SSSR count). The molecule has 0 radical (unpaired) electrons. The van der Waals surface area contributed by atoms with E-state index in [9.17, 15) is 14.3 Å². The molecule has 2 aromatic rings. The molecule has 1 aliphatic heterocycles.